The summed E-state index contributed by atoms with van der Waals surface area (Å²) in [5, 5.41) is 2.63. The summed E-state index contributed by atoms with van der Waals surface area (Å²) in [6.45, 7) is 1.61. The number of rotatable bonds is 5. The first kappa shape index (κ1) is 18.4. The summed E-state index contributed by atoms with van der Waals surface area (Å²) in [6.07, 6.45) is 2.88. The van der Waals surface area contributed by atoms with E-state index in [4.69, 9.17) is 0 Å². The smallest absolute Gasteiger partial charge is 0.255 e. The van der Waals surface area contributed by atoms with Gasteiger partial charge in [0.05, 0.1) is 22.4 Å². The van der Waals surface area contributed by atoms with Crippen LogP contribution in [0.25, 0.3) is 0 Å². The molecule has 1 aliphatic carbocycles. The molecule has 0 saturated heterocycles. The van der Waals surface area contributed by atoms with Gasteiger partial charge in [0, 0.05) is 27.9 Å². The number of hydrogen-bond donors (Lipinski definition) is 1. The maximum absolute atomic E-state index is 14.2. The van der Waals surface area contributed by atoms with Gasteiger partial charge in [0.1, 0.15) is 5.82 Å². The van der Waals surface area contributed by atoms with Gasteiger partial charge in [-0.1, -0.05) is 0 Å². The molecular formula is C17H18FIN2O3S. The molecule has 1 aromatic carbocycles. The number of sulfone groups is 1. The number of pyridine rings is 1. The third-order valence-electron chi connectivity index (χ3n) is 4.27. The van der Waals surface area contributed by atoms with E-state index in [0.29, 0.717) is 29.7 Å². The first-order valence-electron chi connectivity index (χ1n) is 7.82. The molecule has 5 nitrogen and oxygen atoms in total. The van der Waals surface area contributed by atoms with Gasteiger partial charge in [-0.15, -0.1) is 0 Å². The first-order valence-corrected chi connectivity index (χ1v) is 10.6. The average molecular weight is 476 g/mol. The van der Waals surface area contributed by atoms with E-state index in [1.165, 1.54) is 16.8 Å². The summed E-state index contributed by atoms with van der Waals surface area (Å²) in [6, 6.07) is 4.69. The maximum atomic E-state index is 14.2. The van der Waals surface area contributed by atoms with E-state index in [9.17, 15) is 17.6 Å². The first-order chi connectivity index (χ1) is 11.7. The van der Waals surface area contributed by atoms with Crippen LogP contribution >= 0.6 is 22.6 Å². The number of benzene rings is 1. The predicted molar refractivity (Wildman–Crippen MR) is 104 cm³/mol. The molecule has 25 heavy (non-hydrogen) atoms. The van der Waals surface area contributed by atoms with Gasteiger partial charge in [-0.3, -0.25) is 4.79 Å². The fraction of sp³-hybridized carbons (Fsp3) is 0.353. The van der Waals surface area contributed by atoms with E-state index in [0.717, 1.165) is 3.57 Å². The van der Waals surface area contributed by atoms with Crippen LogP contribution in [-0.2, 0) is 22.6 Å². The van der Waals surface area contributed by atoms with Crippen molar-refractivity contribution in [1.29, 1.82) is 0 Å². The number of nitrogens with one attached hydrogen (secondary N) is 1. The van der Waals surface area contributed by atoms with Gasteiger partial charge in [0.2, 0.25) is 0 Å². The number of hydrogen-bond acceptors (Lipinski definition) is 4. The van der Waals surface area contributed by atoms with Crippen LogP contribution in [0.4, 0.5) is 15.8 Å². The Morgan fingerprint density at radius 3 is 2.64 bits per heavy atom. The molecule has 1 aromatic heterocycles. The number of aromatic nitrogens is 1. The highest BCUT2D eigenvalue weighted by Gasteiger charge is 2.36. The Kier molecular flexibility index (Phi) is 4.93. The van der Waals surface area contributed by atoms with Crippen molar-refractivity contribution in [1.82, 2.24) is 4.57 Å². The van der Waals surface area contributed by atoms with Crippen LogP contribution in [0.5, 0.6) is 0 Å². The second kappa shape index (κ2) is 6.71. The molecule has 1 heterocycles. The van der Waals surface area contributed by atoms with Crippen LogP contribution < -0.4 is 10.9 Å². The molecule has 1 aliphatic rings. The molecule has 8 heteroatoms. The van der Waals surface area contributed by atoms with Crippen LogP contribution in [0.1, 0.15) is 24.0 Å². The minimum Gasteiger partial charge on any atom is -0.352 e. The fourth-order valence-corrected chi connectivity index (χ4v) is 4.94. The van der Waals surface area contributed by atoms with Crippen LogP contribution in [-0.4, -0.2) is 18.2 Å². The van der Waals surface area contributed by atoms with Gasteiger partial charge >= 0.3 is 0 Å². The summed E-state index contributed by atoms with van der Waals surface area (Å²) in [5.41, 5.74) is 1.17. The molecule has 0 amide bonds. The van der Waals surface area contributed by atoms with Crippen molar-refractivity contribution < 1.29 is 12.8 Å². The average Bonchev–Trinajstić information content (AvgIpc) is 3.36. The lowest BCUT2D eigenvalue weighted by molar-refractivity contribution is 0.593. The van der Waals surface area contributed by atoms with Crippen molar-refractivity contribution >= 4 is 43.8 Å². The van der Waals surface area contributed by atoms with E-state index < -0.39 is 15.7 Å². The quantitative estimate of drug-likeness (QED) is 0.673. The molecule has 134 valence electrons. The molecule has 0 atom stereocenters. The monoisotopic (exact) mass is 476 g/mol. The highest BCUT2D eigenvalue weighted by Crippen LogP contribution is 2.33. The molecule has 0 bridgehead atoms. The highest BCUT2D eigenvalue weighted by atomic mass is 127. The maximum Gasteiger partial charge on any atom is 0.255 e. The van der Waals surface area contributed by atoms with E-state index in [-0.39, 0.29) is 22.2 Å². The van der Waals surface area contributed by atoms with Crippen molar-refractivity contribution in [2.45, 2.75) is 30.8 Å². The minimum absolute atomic E-state index is 0.166. The second-order valence-electron chi connectivity index (χ2n) is 6.33. The van der Waals surface area contributed by atoms with Gasteiger partial charge < -0.3 is 9.88 Å². The van der Waals surface area contributed by atoms with E-state index in [2.05, 4.69) is 5.32 Å². The van der Waals surface area contributed by atoms with E-state index >= 15 is 0 Å². The summed E-state index contributed by atoms with van der Waals surface area (Å²) in [7, 11) is -1.69. The van der Waals surface area contributed by atoms with Gasteiger partial charge in [-0.05, 0) is 60.6 Å². The molecule has 1 fully saturated rings. The van der Waals surface area contributed by atoms with Crippen molar-refractivity contribution in [3.63, 3.8) is 0 Å². The number of nitrogens with zero attached hydrogens (tertiary/aromatic N) is 1. The summed E-state index contributed by atoms with van der Waals surface area (Å²) < 4.78 is 41.1. The lowest BCUT2D eigenvalue weighted by Crippen LogP contribution is -2.23. The molecule has 1 saturated carbocycles. The number of anilines is 2. The molecule has 0 aliphatic heterocycles. The van der Waals surface area contributed by atoms with Crippen molar-refractivity contribution in [3.8, 4) is 0 Å². The molecular weight excluding hydrogens is 458 g/mol. The Labute approximate surface area is 159 Å². The molecule has 0 unspecified atom stereocenters. The van der Waals surface area contributed by atoms with Crippen molar-refractivity contribution in [2.24, 2.45) is 7.05 Å². The van der Waals surface area contributed by atoms with Gasteiger partial charge in [0.25, 0.3) is 5.56 Å². The van der Waals surface area contributed by atoms with Crippen LogP contribution in [0.15, 0.2) is 29.2 Å². The largest absolute Gasteiger partial charge is 0.352 e. The predicted octanol–water partition coefficient (Wildman–Crippen LogP) is 3.26. The van der Waals surface area contributed by atoms with Crippen LogP contribution in [0.3, 0.4) is 0 Å². The Morgan fingerprint density at radius 2 is 2.04 bits per heavy atom. The Bertz CT molecular complexity index is 998. The van der Waals surface area contributed by atoms with Gasteiger partial charge in [0.15, 0.2) is 9.84 Å². The fourth-order valence-electron chi connectivity index (χ4n) is 2.74. The molecule has 0 radical (unpaired) electrons. The lowest BCUT2D eigenvalue weighted by Gasteiger charge is -2.17. The summed E-state index contributed by atoms with van der Waals surface area (Å²) in [4.78, 5) is 12.3. The SMILES string of the molecule is Cc1c(Nc2ccc(I)cc2F)c(CS(=O)(=O)C2CC2)cn(C)c1=O. The Balaban J connectivity index is 2.07. The van der Waals surface area contributed by atoms with Gasteiger partial charge in [-0.25, -0.2) is 12.8 Å². The van der Waals surface area contributed by atoms with Crippen molar-refractivity contribution in [3.05, 3.63) is 55.3 Å². The number of halogens is 2. The molecule has 0 spiro atoms. The zero-order valence-electron chi connectivity index (χ0n) is 13.8. The van der Waals surface area contributed by atoms with Crippen LogP contribution in [0, 0.1) is 16.3 Å². The molecule has 2 aromatic rings. The summed E-state index contributed by atoms with van der Waals surface area (Å²) >= 11 is 2.01. The highest BCUT2D eigenvalue weighted by molar-refractivity contribution is 14.1. The Morgan fingerprint density at radius 1 is 1.36 bits per heavy atom. The lowest BCUT2D eigenvalue weighted by atomic mass is 10.1. The van der Waals surface area contributed by atoms with E-state index in [1.54, 1.807) is 26.1 Å². The zero-order valence-corrected chi connectivity index (χ0v) is 16.8. The van der Waals surface area contributed by atoms with Crippen molar-refractivity contribution in [2.75, 3.05) is 5.32 Å². The third kappa shape index (κ3) is 3.89. The topological polar surface area (TPSA) is 68.2 Å². The number of aryl methyl sites for hydroxylation is 1. The van der Waals surface area contributed by atoms with Crippen LogP contribution in [0.2, 0.25) is 0 Å². The normalized spacial score (nSPS) is 14.6. The van der Waals surface area contributed by atoms with Gasteiger partial charge in [-0.2, -0.15) is 0 Å². The standard InChI is InChI=1S/C17H18FIN2O3S/c1-10-16(20-15-6-3-12(19)7-14(15)18)11(8-21(2)17(10)22)9-25(23,24)13-4-5-13/h3,6-8,13,20H,4-5,9H2,1-2H3. The summed E-state index contributed by atoms with van der Waals surface area (Å²) in [5.74, 6) is -0.621. The Hall–Kier alpha value is -1.42. The molecule has 3 rings (SSSR count). The molecule has 1 N–H and O–H groups in total. The second-order valence-corrected chi connectivity index (χ2v) is 9.85. The minimum atomic E-state index is -3.27. The van der Waals surface area contributed by atoms with E-state index in [1.807, 2.05) is 22.6 Å². The third-order valence-corrected chi connectivity index (χ3v) is 7.14. The zero-order chi connectivity index (χ0) is 18.4.